The van der Waals surface area contributed by atoms with Gasteiger partial charge >= 0.3 is 12.6 Å². The van der Waals surface area contributed by atoms with Crippen LogP contribution in [-0.2, 0) is 0 Å². The zero-order chi connectivity index (χ0) is 49.1. The minimum Gasteiger partial charge on any atom is -0.342 e. The molecule has 8 heterocycles. The molecule has 0 bridgehead atoms. The average molecular weight is 959 g/mol. The molecule has 348 valence electrons. The Morgan fingerprint density at radius 2 is 1.24 bits per heavy atom. The molecule has 28 nitrogen and oxygen atoms in total. The number of hydrogen-bond acceptors (Lipinski definition) is 24. The number of benzene rings is 4. The molecule has 0 fully saturated rings. The van der Waals surface area contributed by atoms with Crippen LogP contribution in [0.15, 0.2) is 124 Å². The van der Waals surface area contributed by atoms with Crippen LogP contribution in [0.2, 0.25) is 0 Å². The van der Waals surface area contributed by atoms with E-state index >= 15 is 0 Å². The molecule has 5 aliphatic heterocycles. The van der Waals surface area contributed by atoms with Gasteiger partial charge in [0.15, 0.2) is 33.3 Å². The number of aryl methyl sites for hydroxylation is 4. The van der Waals surface area contributed by atoms with Crippen molar-refractivity contribution in [2.24, 2.45) is 51.3 Å². The molecule has 0 amide bonds. The lowest BCUT2D eigenvalue weighted by Gasteiger charge is -2.27. The summed E-state index contributed by atoms with van der Waals surface area (Å²) in [6, 6.07) is 22.3. The van der Waals surface area contributed by atoms with Crippen LogP contribution < -0.4 is 10.7 Å². The zero-order valence-corrected chi connectivity index (χ0v) is 37.7. The first-order valence-electron chi connectivity index (χ1n) is 22.0. The number of hydrogen-bond donors (Lipinski definition) is 2. The number of ketones is 4. The predicted octanol–water partition coefficient (Wildman–Crippen LogP) is 3.65. The normalized spacial score (nSPS) is 20.7. The number of Topliss-reactive ketones (excluding diaryl/α,β-unsaturated/α-hetero) is 3. The van der Waals surface area contributed by atoms with Crippen molar-refractivity contribution in [1.82, 2.24) is 50.6 Å². The Morgan fingerprint density at radius 1 is 0.583 bits per heavy atom. The number of nitrogens with one attached hydrogen (secondary N) is 2. The largest absolute Gasteiger partial charge is 0.374 e. The summed E-state index contributed by atoms with van der Waals surface area (Å²) in [5.74, 6) is 0.540. The minimum atomic E-state index is -0.567. The fourth-order valence-electron chi connectivity index (χ4n) is 9.45. The molecule has 0 spiro atoms. The Hall–Kier alpha value is -10.3. The van der Waals surface area contributed by atoms with Crippen molar-refractivity contribution >= 4 is 57.7 Å². The topological polar surface area (TPSA) is 334 Å². The Balaban J connectivity index is 0.0000000933. The summed E-state index contributed by atoms with van der Waals surface area (Å²) in [4.78, 5) is 66.1. The van der Waals surface area contributed by atoms with Gasteiger partial charge in [-0.1, -0.05) is 97.3 Å². The minimum absolute atomic E-state index is 0.0850. The molecule has 4 atom stereocenters. The van der Waals surface area contributed by atoms with E-state index in [1.54, 1.807) is 12.1 Å². The second kappa shape index (κ2) is 15.6. The SMILES string of the molecule is Cc1ccc2c(c1)C1=NC3N=NN=[N+]3N=C1C2=O.Cc1cccc2c1-c1nc3nnnn3nc1C2=O.Cc1cccc2c1C(=O)C1=N[N+]3=NN=NC3N=C12.Cc1cccc2c1C(=O)C1Nn3nnnc3NC21. The van der Waals surface area contributed by atoms with Crippen LogP contribution in [0, 0.1) is 27.7 Å². The van der Waals surface area contributed by atoms with Gasteiger partial charge in [0, 0.05) is 58.8 Å². The number of carbonyl (C=O) groups is 4. The van der Waals surface area contributed by atoms with E-state index in [0.29, 0.717) is 56.9 Å². The lowest BCUT2D eigenvalue weighted by Crippen LogP contribution is -2.44. The summed E-state index contributed by atoms with van der Waals surface area (Å²) in [5, 5.41) is 59.7. The quantitative estimate of drug-likeness (QED) is 0.205. The van der Waals surface area contributed by atoms with Gasteiger partial charge in [0.2, 0.25) is 27.8 Å². The van der Waals surface area contributed by atoms with Crippen molar-refractivity contribution in [3.05, 3.63) is 140 Å². The standard InChI is InChI=1S/C11H7N6O.C11H6N6O.C11H10N6O.C11H7N6O/c1-5-2-3-6-7(4-5)8-9(10(6)18)14-17-11(12-8)13-15-16-17;1-5-3-2-4-6-7(5)8-9(10(6)18)14-17-11(12-8)13-15-16-17;2*1-5-3-2-4-6-7(5)10(18)9-8(6)12-11-13-15-16-17(11)14-9/h2-4,11H,1H3;2-4H,1H3;2-4,8-9,14H,1H3,(H,12,13,16);2-4,11H,1H3/q+1;;;+1. The summed E-state index contributed by atoms with van der Waals surface area (Å²) in [6.45, 7) is 7.77. The highest BCUT2D eigenvalue weighted by molar-refractivity contribution is 6.78. The highest BCUT2D eigenvalue weighted by Crippen LogP contribution is 2.39. The van der Waals surface area contributed by atoms with Crippen LogP contribution in [0.25, 0.3) is 17.0 Å². The first-order valence-corrected chi connectivity index (χ1v) is 22.0. The molecule has 9 aliphatic rings. The fraction of sp³-hybridized carbons (Fsp3) is 0.182. The predicted molar refractivity (Wildman–Crippen MR) is 244 cm³/mol. The maximum atomic E-state index is 12.4. The van der Waals surface area contributed by atoms with Crippen LogP contribution >= 0.6 is 0 Å². The number of tetrazole rings is 2. The molecule has 4 aromatic carbocycles. The fourth-order valence-corrected chi connectivity index (χ4v) is 9.45. The summed E-state index contributed by atoms with van der Waals surface area (Å²) in [7, 11) is 0. The van der Waals surface area contributed by atoms with Gasteiger partial charge in [-0.3, -0.25) is 24.6 Å². The highest BCUT2D eigenvalue weighted by atomic mass is 16.1. The molecule has 0 saturated carbocycles. The van der Waals surface area contributed by atoms with E-state index in [2.05, 4.69) is 103 Å². The van der Waals surface area contributed by atoms with Crippen LogP contribution in [0.5, 0.6) is 0 Å². The van der Waals surface area contributed by atoms with Gasteiger partial charge in [0.1, 0.15) is 23.2 Å². The monoisotopic (exact) mass is 958 g/mol. The number of aromatic nitrogens is 10. The number of fused-ring (bicyclic) bond motifs is 16. The summed E-state index contributed by atoms with van der Waals surface area (Å²) < 4.78 is 1.16. The van der Waals surface area contributed by atoms with Gasteiger partial charge < -0.3 is 5.32 Å². The Morgan fingerprint density at radius 3 is 1.99 bits per heavy atom. The number of carbonyl (C=O) groups excluding carboxylic acids is 4. The van der Waals surface area contributed by atoms with Crippen LogP contribution in [0.3, 0.4) is 0 Å². The van der Waals surface area contributed by atoms with Crippen LogP contribution in [0.4, 0.5) is 5.95 Å². The van der Waals surface area contributed by atoms with E-state index in [9.17, 15) is 19.2 Å². The van der Waals surface area contributed by atoms with Crippen molar-refractivity contribution < 1.29 is 28.8 Å². The molecule has 28 heteroatoms. The van der Waals surface area contributed by atoms with E-state index in [-0.39, 0.29) is 41.0 Å². The summed E-state index contributed by atoms with van der Waals surface area (Å²) >= 11 is 0. The smallest absolute Gasteiger partial charge is 0.342 e. The van der Waals surface area contributed by atoms with E-state index in [1.807, 2.05) is 88.4 Å². The number of aliphatic imine (C=N–C) groups is 2. The second-order valence-corrected chi connectivity index (χ2v) is 17.1. The lowest BCUT2D eigenvalue weighted by atomic mass is 10.0. The summed E-state index contributed by atoms with van der Waals surface area (Å²) in [5.41, 5.74) is 15.9. The molecular weight excluding hydrogens is 929 g/mol. The van der Waals surface area contributed by atoms with Gasteiger partial charge in [-0.05, 0) is 76.9 Å². The van der Waals surface area contributed by atoms with Gasteiger partial charge in [0.05, 0.1) is 6.04 Å². The van der Waals surface area contributed by atoms with Crippen molar-refractivity contribution in [1.29, 1.82) is 0 Å². The zero-order valence-electron chi connectivity index (χ0n) is 37.7. The first kappa shape index (κ1) is 41.9. The molecule has 16 rings (SSSR count). The molecule has 0 saturated heterocycles. The molecule has 0 radical (unpaired) electrons. The Bertz CT molecular complexity index is 3930. The first-order chi connectivity index (χ1) is 35.0. The van der Waals surface area contributed by atoms with Gasteiger partial charge in [-0.25, -0.2) is 15.0 Å². The van der Waals surface area contributed by atoms with Crippen molar-refractivity contribution in [2.75, 3.05) is 10.7 Å². The summed E-state index contributed by atoms with van der Waals surface area (Å²) in [6.07, 6.45) is -1.13. The molecule has 2 N–H and O–H groups in total. The molecule has 4 aliphatic carbocycles. The van der Waals surface area contributed by atoms with Crippen molar-refractivity contribution in [3.8, 4) is 11.3 Å². The molecule has 7 aromatic rings. The lowest BCUT2D eigenvalue weighted by molar-refractivity contribution is -0.623. The van der Waals surface area contributed by atoms with Crippen LogP contribution in [0.1, 0.15) is 92.1 Å². The maximum absolute atomic E-state index is 12.4. The highest BCUT2D eigenvalue weighted by Gasteiger charge is 2.46. The second-order valence-electron chi connectivity index (χ2n) is 17.1. The molecule has 72 heavy (non-hydrogen) atoms. The van der Waals surface area contributed by atoms with Crippen LogP contribution in [-0.4, -0.2) is 125 Å². The molecule has 3 aromatic heterocycles. The number of rotatable bonds is 0. The van der Waals surface area contributed by atoms with Crippen molar-refractivity contribution in [3.63, 3.8) is 0 Å². The number of nitrogens with zero attached hydrogens (tertiary/aromatic N) is 22. The van der Waals surface area contributed by atoms with Crippen molar-refractivity contribution in [2.45, 2.75) is 52.4 Å². The van der Waals surface area contributed by atoms with Gasteiger partial charge in [-0.2, -0.15) is 0 Å². The maximum Gasteiger partial charge on any atom is 0.374 e. The number of anilines is 1. The van der Waals surface area contributed by atoms with Gasteiger partial charge in [-0.15, -0.1) is 9.89 Å². The average Bonchev–Trinajstić information content (AvgIpc) is 4.28. The van der Waals surface area contributed by atoms with E-state index in [4.69, 9.17) is 0 Å². The van der Waals surface area contributed by atoms with E-state index in [1.165, 1.54) is 14.4 Å². The van der Waals surface area contributed by atoms with E-state index in [0.717, 1.165) is 54.7 Å². The Kier molecular flexibility index (Phi) is 9.09. The third-order valence-electron chi connectivity index (χ3n) is 12.7. The third-order valence-corrected chi connectivity index (χ3v) is 12.7. The molecule has 4 unspecified atom stereocenters. The number of hydrazone groups is 2. The van der Waals surface area contributed by atoms with E-state index < -0.39 is 12.6 Å². The molecular formula is C44H30N24O4+2. The third kappa shape index (κ3) is 6.30. The Labute approximate surface area is 401 Å². The van der Waals surface area contributed by atoms with Gasteiger partial charge in [0.25, 0.3) is 11.7 Å².